The van der Waals surface area contributed by atoms with E-state index in [2.05, 4.69) is 4.18 Å². The van der Waals surface area contributed by atoms with Crippen LogP contribution in [-0.4, -0.2) is 19.7 Å². The van der Waals surface area contributed by atoms with E-state index in [1.165, 1.54) is 12.1 Å². The Morgan fingerprint density at radius 2 is 1.85 bits per heavy atom. The maximum Gasteiger partial charge on any atom is 0.534 e. The van der Waals surface area contributed by atoms with Crippen molar-refractivity contribution < 1.29 is 30.6 Å². The highest BCUT2D eigenvalue weighted by Crippen LogP contribution is 2.29. The highest BCUT2D eigenvalue weighted by atomic mass is 32.2. The Bertz CT molecular complexity index is 606. The van der Waals surface area contributed by atoms with Crippen molar-refractivity contribution in [1.29, 1.82) is 0 Å². The Morgan fingerprint density at radius 3 is 2.30 bits per heavy atom. The third-order valence-corrected chi connectivity index (χ3v) is 3.53. The lowest BCUT2D eigenvalue weighted by Gasteiger charge is -2.13. The van der Waals surface area contributed by atoms with E-state index in [4.69, 9.17) is 0 Å². The molecule has 1 aromatic rings. The predicted molar refractivity (Wildman–Crippen MR) is 66.0 cm³/mol. The zero-order chi connectivity index (χ0) is 15.6. The summed E-state index contributed by atoms with van der Waals surface area (Å²) in [5.74, 6) is -0.609. The molecule has 0 radical (unpaired) electrons. The first kappa shape index (κ1) is 16.5. The minimum atomic E-state index is -5.71. The zero-order valence-corrected chi connectivity index (χ0v) is 11.6. The number of carbonyl (C=O) groups is 1. The van der Waals surface area contributed by atoms with E-state index in [-0.39, 0.29) is 24.2 Å². The lowest BCUT2D eigenvalue weighted by atomic mass is 10.0. The number of halogens is 3. The second-order valence-electron chi connectivity index (χ2n) is 3.94. The molecule has 1 aromatic carbocycles. The van der Waals surface area contributed by atoms with Gasteiger partial charge >= 0.3 is 15.6 Å². The topological polar surface area (TPSA) is 60.4 Å². The van der Waals surface area contributed by atoms with E-state index < -0.39 is 21.4 Å². The quantitative estimate of drug-likeness (QED) is 0.476. The Kier molecular flexibility index (Phi) is 4.80. The molecule has 0 bridgehead atoms. The molecule has 0 amide bonds. The maximum atomic E-state index is 12.2. The highest BCUT2D eigenvalue weighted by Gasteiger charge is 2.48. The largest absolute Gasteiger partial charge is 0.534 e. The molecule has 0 atom stereocenters. The molecule has 0 saturated heterocycles. The summed E-state index contributed by atoms with van der Waals surface area (Å²) in [6, 6.07) is 3.64. The van der Waals surface area contributed by atoms with Gasteiger partial charge in [0, 0.05) is 12.0 Å². The second kappa shape index (κ2) is 5.82. The molecule has 0 N–H and O–H groups in total. The Balaban J connectivity index is 3.18. The third kappa shape index (κ3) is 3.50. The van der Waals surface area contributed by atoms with E-state index in [9.17, 15) is 26.4 Å². The van der Waals surface area contributed by atoms with Crippen LogP contribution in [0.3, 0.4) is 0 Å². The summed E-state index contributed by atoms with van der Waals surface area (Å²) in [4.78, 5) is 11.5. The van der Waals surface area contributed by atoms with Crippen molar-refractivity contribution in [3.63, 3.8) is 0 Å². The third-order valence-electron chi connectivity index (χ3n) is 2.57. The summed E-state index contributed by atoms with van der Waals surface area (Å²) in [7, 11) is -5.71. The molecule has 0 saturated carbocycles. The molecule has 0 spiro atoms. The van der Waals surface area contributed by atoms with Gasteiger partial charge in [0.2, 0.25) is 0 Å². The van der Waals surface area contributed by atoms with E-state index in [1.54, 1.807) is 13.8 Å². The van der Waals surface area contributed by atoms with Crippen LogP contribution in [0.25, 0.3) is 0 Å². The number of benzene rings is 1. The number of hydrogen-bond donors (Lipinski definition) is 0. The first-order chi connectivity index (χ1) is 9.12. The summed E-state index contributed by atoms with van der Waals surface area (Å²) < 4.78 is 62.7. The van der Waals surface area contributed by atoms with Crippen molar-refractivity contribution in [2.24, 2.45) is 0 Å². The van der Waals surface area contributed by atoms with Crippen molar-refractivity contribution in [3.05, 3.63) is 29.3 Å². The van der Waals surface area contributed by atoms with E-state index in [0.29, 0.717) is 5.56 Å². The normalized spacial score (nSPS) is 12.2. The fourth-order valence-corrected chi connectivity index (χ4v) is 1.97. The lowest BCUT2D eigenvalue weighted by molar-refractivity contribution is -0.0500. The molecule has 0 aromatic heterocycles. The van der Waals surface area contributed by atoms with Gasteiger partial charge in [-0.05, 0) is 30.2 Å². The van der Waals surface area contributed by atoms with Gasteiger partial charge in [-0.3, -0.25) is 4.79 Å². The van der Waals surface area contributed by atoms with Crippen molar-refractivity contribution in [1.82, 2.24) is 0 Å². The fraction of sp³-hybridized carbons (Fsp3) is 0.417. The van der Waals surface area contributed by atoms with Gasteiger partial charge in [-0.15, -0.1) is 0 Å². The maximum absolute atomic E-state index is 12.2. The van der Waals surface area contributed by atoms with Gasteiger partial charge in [-0.2, -0.15) is 21.6 Å². The van der Waals surface area contributed by atoms with Crippen LogP contribution in [0.5, 0.6) is 5.75 Å². The van der Waals surface area contributed by atoms with Crippen LogP contribution in [0.4, 0.5) is 13.2 Å². The lowest BCUT2D eigenvalue weighted by Crippen LogP contribution is -2.28. The summed E-state index contributed by atoms with van der Waals surface area (Å²) in [6.45, 7) is 3.26. The fourth-order valence-electron chi connectivity index (χ4n) is 1.48. The van der Waals surface area contributed by atoms with Crippen LogP contribution >= 0.6 is 0 Å². The first-order valence-electron chi connectivity index (χ1n) is 5.79. The predicted octanol–water partition coefficient (Wildman–Crippen LogP) is 3.07. The van der Waals surface area contributed by atoms with E-state index in [1.807, 2.05) is 0 Å². The van der Waals surface area contributed by atoms with Crippen LogP contribution in [0, 0.1) is 0 Å². The van der Waals surface area contributed by atoms with Gasteiger partial charge in [0.1, 0.15) is 5.75 Å². The van der Waals surface area contributed by atoms with Crippen molar-refractivity contribution in [3.8, 4) is 5.75 Å². The molecular formula is C12H13F3O4S. The van der Waals surface area contributed by atoms with Crippen molar-refractivity contribution >= 4 is 15.9 Å². The van der Waals surface area contributed by atoms with Crippen LogP contribution in [0.15, 0.2) is 18.2 Å². The molecule has 112 valence electrons. The van der Waals surface area contributed by atoms with Gasteiger partial charge < -0.3 is 4.18 Å². The summed E-state index contributed by atoms with van der Waals surface area (Å²) >= 11 is 0. The summed E-state index contributed by atoms with van der Waals surface area (Å²) in [5, 5.41) is 0. The zero-order valence-electron chi connectivity index (χ0n) is 10.8. The monoisotopic (exact) mass is 310 g/mol. The molecule has 0 aliphatic carbocycles. The molecule has 0 fully saturated rings. The SMILES string of the molecule is CCC(=O)c1ccc(OS(=O)(=O)C(F)(F)F)c(CC)c1. The minimum absolute atomic E-state index is 0.190. The number of carbonyl (C=O) groups excluding carboxylic acids is 1. The number of Topliss-reactive ketones (excluding diaryl/α,β-unsaturated/α-hetero) is 1. The molecular weight excluding hydrogens is 297 g/mol. The van der Waals surface area contributed by atoms with Gasteiger partial charge in [0.25, 0.3) is 0 Å². The molecule has 0 heterocycles. The molecule has 20 heavy (non-hydrogen) atoms. The Hall–Kier alpha value is -1.57. The first-order valence-corrected chi connectivity index (χ1v) is 7.20. The highest BCUT2D eigenvalue weighted by molar-refractivity contribution is 7.88. The van der Waals surface area contributed by atoms with Gasteiger partial charge in [-0.25, -0.2) is 0 Å². The van der Waals surface area contributed by atoms with Crippen LogP contribution in [0.1, 0.15) is 36.2 Å². The molecule has 0 aliphatic rings. The number of rotatable bonds is 5. The van der Waals surface area contributed by atoms with E-state index >= 15 is 0 Å². The minimum Gasteiger partial charge on any atom is -0.376 e. The van der Waals surface area contributed by atoms with E-state index in [0.717, 1.165) is 6.07 Å². The number of aryl methyl sites for hydroxylation is 1. The van der Waals surface area contributed by atoms with Crippen molar-refractivity contribution in [2.45, 2.75) is 32.2 Å². The molecule has 0 unspecified atom stereocenters. The molecule has 4 nitrogen and oxygen atoms in total. The molecule has 1 rings (SSSR count). The second-order valence-corrected chi connectivity index (χ2v) is 5.47. The number of alkyl halides is 3. The Labute approximate surface area is 114 Å². The van der Waals surface area contributed by atoms with Gasteiger partial charge in [-0.1, -0.05) is 13.8 Å². The standard InChI is InChI=1S/C12H13F3O4S/c1-3-8-7-9(10(16)4-2)5-6-11(8)19-20(17,18)12(13,14)15/h5-7H,3-4H2,1-2H3. The summed E-state index contributed by atoms with van der Waals surface area (Å²) in [5.41, 5.74) is -4.96. The number of ketones is 1. The molecule has 8 heteroatoms. The average molecular weight is 310 g/mol. The van der Waals surface area contributed by atoms with Crippen molar-refractivity contribution in [2.75, 3.05) is 0 Å². The Morgan fingerprint density at radius 1 is 1.25 bits per heavy atom. The van der Waals surface area contributed by atoms with Crippen LogP contribution in [0.2, 0.25) is 0 Å². The van der Waals surface area contributed by atoms with Crippen LogP contribution in [-0.2, 0) is 16.5 Å². The van der Waals surface area contributed by atoms with Crippen LogP contribution < -0.4 is 4.18 Å². The smallest absolute Gasteiger partial charge is 0.376 e. The van der Waals surface area contributed by atoms with Gasteiger partial charge in [0.05, 0.1) is 0 Å². The average Bonchev–Trinajstić information content (AvgIpc) is 2.36. The van der Waals surface area contributed by atoms with Gasteiger partial charge in [0.15, 0.2) is 5.78 Å². The molecule has 0 aliphatic heterocycles. The number of hydrogen-bond acceptors (Lipinski definition) is 4. The summed E-state index contributed by atoms with van der Waals surface area (Å²) in [6.07, 6.45) is 0.470.